The highest BCUT2D eigenvalue weighted by Gasteiger charge is 2.10. The van der Waals surface area contributed by atoms with E-state index in [9.17, 15) is 10.2 Å². The van der Waals surface area contributed by atoms with E-state index < -0.39 is 0 Å². The van der Waals surface area contributed by atoms with Crippen LogP contribution in [0.5, 0.6) is 11.5 Å². The van der Waals surface area contributed by atoms with E-state index in [4.69, 9.17) is 0 Å². The lowest BCUT2D eigenvalue weighted by molar-refractivity contribution is 0.331. The van der Waals surface area contributed by atoms with Gasteiger partial charge in [-0.3, -0.25) is 0 Å². The number of nitrogens with one attached hydrogen (secondary N) is 1. The quantitative estimate of drug-likeness (QED) is 0.672. The molecule has 0 unspecified atom stereocenters. The Hall–Kier alpha value is -1.26. The van der Waals surface area contributed by atoms with Crippen molar-refractivity contribution in [3.63, 3.8) is 0 Å². The number of phenolic OH excluding ortho intramolecular Hbond substituents is 2. The number of likely N-dealkylation sites (tertiary alicyclic amines) is 1. The van der Waals surface area contributed by atoms with Gasteiger partial charge in [0.15, 0.2) is 0 Å². The summed E-state index contributed by atoms with van der Waals surface area (Å²) in [5.41, 5.74) is 0.828. The number of aromatic hydroxyl groups is 2. The molecule has 1 saturated heterocycles. The summed E-state index contributed by atoms with van der Waals surface area (Å²) in [6.07, 6.45) is 3.82. The minimum atomic E-state index is 0.102. The van der Waals surface area contributed by atoms with Crippen LogP contribution in [0, 0.1) is 0 Å². The second kappa shape index (κ2) is 6.61. The van der Waals surface area contributed by atoms with Crippen molar-refractivity contribution in [1.29, 1.82) is 0 Å². The van der Waals surface area contributed by atoms with Crippen LogP contribution in [0.4, 0.5) is 0 Å². The molecule has 1 heterocycles. The van der Waals surface area contributed by atoms with Crippen LogP contribution in [-0.4, -0.2) is 41.3 Å². The fourth-order valence-corrected chi connectivity index (χ4v) is 2.36. The second-order valence-electron chi connectivity index (χ2n) is 4.89. The van der Waals surface area contributed by atoms with Crippen LogP contribution in [-0.2, 0) is 6.54 Å². The summed E-state index contributed by atoms with van der Waals surface area (Å²) in [6.45, 7) is 5.26. The molecular weight excluding hydrogens is 228 g/mol. The predicted molar refractivity (Wildman–Crippen MR) is 71.8 cm³/mol. The number of hydrogen-bond donors (Lipinski definition) is 3. The Balaban J connectivity index is 1.62. The summed E-state index contributed by atoms with van der Waals surface area (Å²) in [5.74, 6) is 0.257. The zero-order valence-electron chi connectivity index (χ0n) is 10.7. The molecule has 1 aliphatic rings. The van der Waals surface area contributed by atoms with Crippen molar-refractivity contribution >= 4 is 0 Å². The molecule has 0 aromatic heterocycles. The van der Waals surface area contributed by atoms with Gasteiger partial charge in [0.2, 0.25) is 0 Å². The average molecular weight is 250 g/mol. The Morgan fingerprint density at radius 1 is 1.17 bits per heavy atom. The zero-order valence-corrected chi connectivity index (χ0v) is 10.7. The molecule has 100 valence electrons. The Labute approximate surface area is 108 Å². The monoisotopic (exact) mass is 250 g/mol. The molecule has 0 aliphatic carbocycles. The van der Waals surface area contributed by atoms with Crippen LogP contribution in [0.15, 0.2) is 18.2 Å². The molecule has 0 atom stereocenters. The predicted octanol–water partition coefficient (Wildman–Crippen LogP) is 1.67. The molecule has 1 aromatic rings. The molecule has 0 radical (unpaired) electrons. The molecule has 4 heteroatoms. The van der Waals surface area contributed by atoms with Gasteiger partial charge >= 0.3 is 0 Å². The Bertz CT molecular complexity index is 376. The summed E-state index contributed by atoms with van der Waals surface area (Å²) >= 11 is 0. The normalized spacial score (nSPS) is 16.2. The number of phenols is 2. The molecule has 0 saturated carbocycles. The van der Waals surface area contributed by atoms with Gasteiger partial charge in [-0.2, -0.15) is 0 Å². The standard InChI is InChI=1S/C14H22N2O2/c17-13-5-4-12(14(18)10-13)11-15-6-3-9-16-7-1-2-8-16/h4-5,10,15,17-18H,1-3,6-9,11H2. The molecular formula is C14H22N2O2. The topological polar surface area (TPSA) is 55.7 Å². The van der Waals surface area contributed by atoms with Gasteiger partial charge in [-0.15, -0.1) is 0 Å². The second-order valence-corrected chi connectivity index (χ2v) is 4.89. The SMILES string of the molecule is Oc1ccc(CNCCCN2CCCC2)c(O)c1. The number of hydrogen-bond acceptors (Lipinski definition) is 4. The number of nitrogens with zero attached hydrogens (tertiary/aromatic N) is 1. The van der Waals surface area contributed by atoms with Crippen LogP contribution in [0.1, 0.15) is 24.8 Å². The van der Waals surface area contributed by atoms with E-state index in [1.807, 2.05) is 0 Å². The van der Waals surface area contributed by atoms with Crippen LogP contribution in [0.3, 0.4) is 0 Å². The largest absolute Gasteiger partial charge is 0.508 e. The van der Waals surface area contributed by atoms with Gasteiger partial charge in [-0.25, -0.2) is 0 Å². The maximum Gasteiger partial charge on any atom is 0.123 e. The maximum atomic E-state index is 9.61. The minimum absolute atomic E-state index is 0.102. The molecule has 4 nitrogen and oxygen atoms in total. The fourth-order valence-electron chi connectivity index (χ4n) is 2.36. The van der Waals surface area contributed by atoms with Crippen molar-refractivity contribution in [1.82, 2.24) is 10.2 Å². The molecule has 1 aromatic carbocycles. The van der Waals surface area contributed by atoms with Gasteiger partial charge in [-0.1, -0.05) is 6.07 Å². The lowest BCUT2D eigenvalue weighted by Crippen LogP contribution is -2.24. The minimum Gasteiger partial charge on any atom is -0.508 e. The first-order chi connectivity index (χ1) is 8.75. The third-order valence-electron chi connectivity index (χ3n) is 3.41. The number of rotatable bonds is 6. The molecule has 2 rings (SSSR count). The van der Waals surface area contributed by atoms with Gasteiger partial charge in [-0.05, 0) is 51.5 Å². The lowest BCUT2D eigenvalue weighted by atomic mass is 10.2. The summed E-state index contributed by atoms with van der Waals surface area (Å²) in [6, 6.07) is 4.72. The lowest BCUT2D eigenvalue weighted by Gasteiger charge is -2.14. The third kappa shape index (κ3) is 3.89. The first kappa shape index (κ1) is 13.2. The molecule has 0 spiro atoms. The zero-order chi connectivity index (χ0) is 12.8. The van der Waals surface area contributed by atoms with Crippen molar-refractivity contribution in [2.45, 2.75) is 25.8 Å². The van der Waals surface area contributed by atoms with Crippen molar-refractivity contribution in [3.8, 4) is 11.5 Å². The average Bonchev–Trinajstić information content (AvgIpc) is 2.84. The van der Waals surface area contributed by atoms with Crippen LogP contribution >= 0.6 is 0 Å². The summed E-state index contributed by atoms with van der Waals surface area (Å²) < 4.78 is 0. The molecule has 18 heavy (non-hydrogen) atoms. The van der Waals surface area contributed by atoms with E-state index in [1.54, 1.807) is 12.1 Å². The van der Waals surface area contributed by atoms with Crippen molar-refractivity contribution in [3.05, 3.63) is 23.8 Å². The molecule has 3 N–H and O–H groups in total. The summed E-state index contributed by atoms with van der Waals surface area (Å²) in [5, 5.41) is 22.1. The van der Waals surface area contributed by atoms with Crippen molar-refractivity contribution < 1.29 is 10.2 Å². The van der Waals surface area contributed by atoms with Gasteiger partial charge < -0.3 is 20.4 Å². The summed E-state index contributed by atoms with van der Waals surface area (Å²) in [4.78, 5) is 2.50. The molecule has 0 amide bonds. The molecule has 1 aliphatic heterocycles. The highest BCUT2D eigenvalue weighted by atomic mass is 16.3. The third-order valence-corrected chi connectivity index (χ3v) is 3.41. The van der Waals surface area contributed by atoms with Crippen LogP contribution < -0.4 is 5.32 Å². The van der Waals surface area contributed by atoms with Gasteiger partial charge in [0.25, 0.3) is 0 Å². The summed E-state index contributed by atoms with van der Waals surface area (Å²) in [7, 11) is 0. The first-order valence-electron chi connectivity index (χ1n) is 6.69. The van der Waals surface area contributed by atoms with E-state index >= 15 is 0 Å². The van der Waals surface area contributed by atoms with Gasteiger partial charge in [0.05, 0.1) is 0 Å². The van der Waals surface area contributed by atoms with E-state index in [2.05, 4.69) is 10.2 Å². The van der Waals surface area contributed by atoms with Crippen LogP contribution in [0.25, 0.3) is 0 Å². The molecule has 1 fully saturated rings. The Morgan fingerprint density at radius 3 is 2.67 bits per heavy atom. The van der Waals surface area contributed by atoms with E-state index in [0.29, 0.717) is 6.54 Å². The van der Waals surface area contributed by atoms with E-state index in [0.717, 1.165) is 25.1 Å². The highest BCUT2D eigenvalue weighted by Crippen LogP contribution is 2.22. The van der Waals surface area contributed by atoms with E-state index in [-0.39, 0.29) is 11.5 Å². The highest BCUT2D eigenvalue weighted by molar-refractivity contribution is 5.38. The first-order valence-corrected chi connectivity index (χ1v) is 6.69. The fraction of sp³-hybridized carbons (Fsp3) is 0.571. The maximum absolute atomic E-state index is 9.61. The Kier molecular flexibility index (Phi) is 4.84. The smallest absolute Gasteiger partial charge is 0.123 e. The van der Waals surface area contributed by atoms with E-state index in [1.165, 1.54) is 32.0 Å². The van der Waals surface area contributed by atoms with Gasteiger partial charge in [0, 0.05) is 18.2 Å². The van der Waals surface area contributed by atoms with Crippen LogP contribution in [0.2, 0.25) is 0 Å². The Morgan fingerprint density at radius 2 is 1.94 bits per heavy atom. The molecule has 0 bridgehead atoms. The van der Waals surface area contributed by atoms with Crippen molar-refractivity contribution in [2.75, 3.05) is 26.2 Å². The number of benzene rings is 1. The van der Waals surface area contributed by atoms with Gasteiger partial charge in [0.1, 0.15) is 11.5 Å². The van der Waals surface area contributed by atoms with Crippen molar-refractivity contribution in [2.24, 2.45) is 0 Å².